The van der Waals surface area contributed by atoms with E-state index in [4.69, 9.17) is 9.47 Å². The van der Waals surface area contributed by atoms with Crippen molar-refractivity contribution >= 4 is 22.0 Å². The van der Waals surface area contributed by atoms with Gasteiger partial charge in [-0.15, -0.1) is 0 Å². The number of fused-ring (bicyclic) bond motifs is 1. The zero-order chi connectivity index (χ0) is 20.0. The van der Waals surface area contributed by atoms with Crippen LogP contribution in [0.3, 0.4) is 0 Å². The number of rotatable bonds is 11. The van der Waals surface area contributed by atoms with Crippen molar-refractivity contribution in [1.29, 1.82) is 0 Å². The van der Waals surface area contributed by atoms with Gasteiger partial charge in [0.1, 0.15) is 0 Å². The van der Waals surface area contributed by atoms with Crippen LogP contribution in [0.4, 0.5) is 0 Å². The van der Waals surface area contributed by atoms with Gasteiger partial charge in [-0.1, -0.05) is 0 Å². The second kappa shape index (κ2) is 10.1. The van der Waals surface area contributed by atoms with Crippen LogP contribution in [-0.2, 0) is 6.42 Å². The molecule has 0 saturated heterocycles. The van der Waals surface area contributed by atoms with Crippen LogP contribution in [0.15, 0.2) is 12.1 Å². The number of ether oxygens (including phenoxy) is 2. The van der Waals surface area contributed by atoms with Gasteiger partial charge in [-0.25, -0.2) is 0 Å². The van der Waals surface area contributed by atoms with E-state index >= 15 is 0 Å². The summed E-state index contributed by atoms with van der Waals surface area (Å²) in [6, 6.07) is 4.75. The molecule has 0 unspecified atom stereocenters. The molecule has 1 heterocycles. The molecule has 0 atom stereocenters. The van der Waals surface area contributed by atoms with Gasteiger partial charge in [-0.2, -0.15) is 0 Å². The molecule has 1 aromatic rings. The Morgan fingerprint density at radius 1 is 0.929 bits per heavy atom. The van der Waals surface area contributed by atoms with Crippen molar-refractivity contribution in [2.45, 2.75) is 110 Å². The molecule has 3 heteroatoms. The van der Waals surface area contributed by atoms with Crippen LogP contribution >= 0.6 is 0 Å². The Morgan fingerprint density at radius 3 is 2.00 bits per heavy atom. The summed E-state index contributed by atoms with van der Waals surface area (Å²) < 4.78 is 18.9. The van der Waals surface area contributed by atoms with E-state index in [9.17, 15) is 0 Å². The fourth-order valence-corrected chi connectivity index (χ4v) is 22.7. The summed E-state index contributed by atoms with van der Waals surface area (Å²) in [5.41, 5.74) is 1.67. The quantitative estimate of drug-likeness (QED) is 0.309. The van der Waals surface area contributed by atoms with Crippen molar-refractivity contribution in [2.75, 3.05) is 7.11 Å². The first-order valence-corrected chi connectivity index (χ1v) is 19.5. The third-order valence-corrected chi connectivity index (χ3v) is 23.2. The molecule has 3 rings (SSSR count). The summed E-state index contributed by atoms with van der Waals surface area (Å²) in [6.07, 6.45) is 14.5. The van der Waals surface area contributed by atoms with Gasteiger partial charge in [0.15, 0.2) is 0 Å². The molecule has 28 heavy (non-hydrogen) atoms. The predicted octanol–water partition coefficient (Wildman–Crippen LogP) is 7.00. The molecular weight excluding hydrogens is 451 g/mol. The van der Waals surface area contributed by atoms with Crippen molar-refractivity contribution in [3.63, 3.8) is 0 Å². The summed E-state index contributed by atoms with van der Waals surface area (Å²) in [5.74, 6) is 2.11. The standard InChI is InChI=1S/C13H15O2.3C4H9.Sn/c1-14-11-6-4-5-10-9-13(15-12(10)11)7-2-3-8-13;3*1-3-4-2;/h4,6H,2-3,7-9H2,1H3;3*1,3-4H2,2H3;. The second-order valence-electron chi connectivity index (χ2n) is 9.38. The molecule has 2 aliphatic rings. The molecule has 0 N–H and O–H groups in total. The molecule has 1 aliphatic heterocycles. The number of hydrogen-bond donors (Lipinski definition) is 0. The van der Waals surface area contributed by atoms with E-state index in [1.54, 1.807) is 12.7 Å². The normalized spacial score (nSPS) is 17.7. The topological polar surface area (TPSA) is 18.5 Å². The fraction of sp³-hybridized carbons (Fsp3) is 0.760. The Hall–Kier alpha value is -0.381. The molecule has 0 bridgehead atoms. The van der Waals surface area contributed by atoms with E-state index < -0.39 is 18.4 Å². The first-order chi connectivity index (χ1) is 13.6. The van der Waals surface area contributed by atoms with Crippen LogP contribution in [0, 0.1) is 0 Å². The summed E-state index contributed by atoms with van der Waals surface area (Å²) >= 11 is -2.47. The van der Waals surface area contributed by atoms with Gasteiger partial charge in [0.05, 0.1) is 0 Å². The molecule has 1 saturated carbocycles. The monoisotopic (exact) mass is 494 g/mol. The van der Waals surface area contributed by atoms with Crippen LogP contribution in [0.1, 0.15) is 90.5 Å². The Bertz CT molecular complexity index is 612. The van der Waals surface area contributed by atoms with Crippen LogP contribution < -0.4 is 13.1 Å². The number of hydrogen-bond acceptors (Lipinski definition) is 2. The minimum absolute atomic E-state index is 0.0869. The van der Waals surface area contributed by atoms with E-state index in [0.717, 1.165) is 17.9 Å². The Balaban J connectivity index is 2.05. The molecule has 2 nitrogen and oxygen atoms in total. The SMILES string of the molecule is CCC[CH2][Sn]([CH2]CCC)([CH2]CCC)[c]1ccc(OC)c2c1CC1(CCCC1)O2. The third-order valence-electron chi connectivity index (χ3n) is 7.37. The van der Waals surface area contributed by atoms with Crippen molar-refractivity contribution < 1.29 is 9.47 Å². The molecule has 0 aromatic heterocycles. The van der Waals surface area contributed by atoms with E-state index in [1.165, 1.54) is 77.5 Å². The molecule has 1 aliphatic carbocycles. The maximum atomic E-state index is 6.74. The van der Waals surface area contributed by atoms with Gasteiger partial charge in [0, 0.05) is 0 Å². The van der Waals surface area contributed by atoms with E-state index in [-0.39, 0.29) is 5.60 Å². The third kappa shape index (κ3) is 4.52. The fourth-order valence-electron chi connectivity index (χ4n) is 5.75. The van der Waals surface area contributed by atoms with Crippen molar-refractivity contribution in [3.8, 4) is 11.5 Å². The summed E-state index contributed by atoms with van der Waals surface area (Å²) in [7, 11) is 1.81. The van der Waals surface area contributed by atoms with Gasteiger partial charge in [-0.05, 0) is 0 Å². The Morgan fingerprint density at radius 2 is 1.50 bits per heavy atom. The van der Waals surface area contributed by atoms with E-state index in [0.29, 0.717) is 0 Å². The average Bonchev–Trinajstić information content (AvgIpc) is 3.33. The van der Waals surface area contributed by atoms with Crippen LogP contribution in [-0.4, -0.2) is 31.1 Å². The van der Waals surface area contributed by atoms with Crippen molar-refractivity contribution in [2.24, 2.45) is 0 Å². The summed E-state index contributed by atoms with van der Waals surface area (Å²) in [4.78, 5) is 0. The van der Waals surface area contributed by atoms with Crippen molar-refractivity contribution in [3.05, 3.63) is 17.7 Å². The number of methoxy groups -OCH3 is 1. The number of unbranched alkanes of at least 4 members (excludes halogenated alkanes) is 3. The van der Waals surface area contributed by atoms with Crippen LogP contribution in [0.5, 0.6) is 11.5 Å². The molecule has 1 aromatic carbocycles. The van der Waals surface area contributed by atoms with E-state index in [1.807, 2.05) is 3.58 Å². The minimum atomic E-state index is -2.47. The summed E-state index contributed by atoms with van der Waals surface area (Å²) in [5, 5.41) is 0. The van der Waals surface area contributed by atoms with Gasteiger partial charge < -0.3 is 0 Å². The summed E-state index contributed by atoms with van der Waals surface area (Å²) in [6.45, 7) is 7.10. The van der Waals surface area contributed by atoms with Gasteiger partial charge >= 0.3 is 178 Å². The molecule has 1 spiro atoms. The molecule has 0 amide bonds. The van der Waals surface area contributed by atoms with Gasteiger partial charge in [0.25, 0.3) is 0 Å². The van der Waals surface area contributed by atoms with Gasteiger partial charge in [0.2, 0.25) is 0 Å². The first-order valence-electron chi connectivity index (χ1n) is 12.0. The van der Waals surface area contributed by atoms with E-state index in [2.05, 4.69) is 32.9 Å². The first kappa shape index (κ1) is 22.3. The second-order valence-corrected chi connectivity index (χ2v) is 22.5. The van der Waals surface area contributed by atoms with Gasteiger partial charge in [-0.3, -0.25) is 0 Å². The number of benzene rings is 1. The Kier molecular flexibility index (Phi) is 8.04. The zero-order valence-electron chi connectivity index (χ0n) is 18.9. The molecule has 158 valence electrons. The van der Waals surface area contributed by atoms with Crippen LogP contribution in [0.2, 0.25) is 13.3 Å². The average molecular weight is 493 g/mol. The van der Waals surface area contributed by atoms with Crippen molar-refractivity contribution in [1.82, 2.24) is 0 Å². The van der Waals surface area contributed by atoms with Crippen LogP contribution in [0.25, 0.3) is 0 Å². The zero-order valence-corrected chi connectivity index (χ0v) is 21.7. The molecular formula is C25H42O2Sn. The Labute approximate surface area is 177 Å². The maximum absolute atomic E-state index is 6.74. The predicted molar refractivity (Wildman–Crippen MR) is 123 cm³/mol. The molecule has 0 radical (unpaired) electrons. The molecule has 1 fully saturated rings.